The van der Waals surface area contributed by atoms with Crippen LogP contribution >= 0.6 is 11.6 Å². The first-order chi connectivity index (χ1) is 13.5. The van der Waals surface area contributed by atoms with Crippen molar-refractivity contribution >= 4 is 34.8 Å². The lowest BCUT2D eigenvalue weighted by Gasteiger charge is -2.12. The van der Waals surface area contributed by atoms with E-state index in [4.69, 9.17) is 16.3 Å². The second-order valence-electron chi connectivity index (χ2n) is 5.83. The van der Waals surface area contributed by atoms with Gasteiger partial charge in [0.2, 0.25) is 0 Å². The van der Waals surface area contributed by atoms with E-state index in [9.17, 15) is 14.0 Å². The van der Waals surface area contributed by atoms with Gasteiger partial charge in [-0.3, -0.25) is 9.59 Å². The molecule has 5 nitrogen and oxygen atoms in total. The fourth-order valence-corrected chi connectivity index (χ4v) is 2.65. The summed E-state index contributed by atoms with van der Waals surface area (Å²) in [6.45, 7) is 0. The molecule has 0 saturated carbocycles. The van der Waals surface area contributed by atoms with Crippen LogP contribution in [0.4, 0.5) is 15.8 Å². The smallest absolute Gasteiger partial charge is 0.257 e. The molecule has 0 fully saturated rings. The van der Waals surface area contributed by atoms with Gasteiger partial charge in [-0.05, 0) is 66.7 Å². The van der Waals surface area contributed by atoms with Crippen molar-refractivity contribution in [3.8, 4) is 5.75 Å². The molecule has 2 N–H and O–H groups in total. The Labute approximate surface area is 166 Å². The van der Waals surface area contributed by atoms with Crippen LogP contribution < -0.4 is 15.4 Å². The molecule has 3 aromatic carbocycles. The van der Waals surface area contributed by atoms with E-state index in [0.717, 1.165) is 0 Å². The monoisotopic (exact) mass is 398 g/mol. The van der Waals surface area contributed by atoms with E-state index < -0.39 is 11.7 Å². The lowest BCUT2D eigenvalue weighted by Crippen LogP contribution is -2.18. The molecular weight excluding hydrogens is 383 g/mol. The molecule has 0 saturated heterocycles. The molecule has 0 bridgehead atoms. The minimum atomic E-state index is -0.487. The fourth-order valence-electron chi connectivity index (χ4n) is 2.48. The second-order valence-corrected chi connectivity index (χ2v) is 6.27. The zero-order valence-electron chi connectivity index (χ0n) is 14.8. The Balaban J connectivity index is 1.82. The number of amides is 2. The van der Waals surface area contributed by atoms with Gasteiger partial charge in [0, 0.05) is 16.3 Å². The van der Waals surface area contributed by atoms with Gasteiger partial charge in [-0.2, -0.15) is 0 Å². The predicted molar refractivity (Wildman–Crippen MR) is 107 cm³/mol. The zero-order valence-corrected chi connectivity index (χ0v) is 15.6. The highest BCUT2D eigenvalue weighted by Gasteiger charge is 2.16. The Morgan fingerprint density at radius 3 is 2.21 bits per heavy atom. The van der Waals surface area contributed by atoms with Crippen LogP contribution in [-0.4, -0.2) is 18.9 Å². The quantitative estimate of drug-likeness (QED) is 0.636. The maximum atomic E-state index is 13.0. The number of hydrogen-bond acceptors (Lipinski definition) is 3. The normalized spacial score (nSPS) is 10.2. The second kappa shape index (κ2) is 8.54. The molecule has 0 aliphatic carbocycles. The number of carbonyl (C=O) groups excluding carboxylic acids is 2. The first-order valence-electron chi connectivity index (χ1n) is 8.28. The highest BCUT2D eigenvalue weighted by molar-refractivity contribution is 6.31. The number of methoxy groups -OCH3 is 1. The third kappa shape index (κ3) is 4.66. The third-order valence-corrected chi connectivity index (χ3v) is 4.16. The van der Waals surface area contributed by atoms with Crippen LogP contribution in [0.3, 0.4) is 0 Å². The van der Waals surface area contributed by atoms with Crippen molar-refractivity contribution in [1.29, 1.82) is 0 Å². The van der Waals surface area contributed by atoms with Crippen LogP contribution in [0.25, 0.3) is 0 Å². The van der Waals surface area contributed by atoms with Gasteiger partial charge in [0.1, 0.15) is 11.6 Å². The molecule has 3 rings (SSSR count). The third-order valence-electron chi connectivity index (χ3n) is 3.93. The molecule has 0 radical (unpaired) electrons. The van der Waals surface area contributed by atoms with Crippen molar-refractivity contribution in [2.24, 2.45) is 0 Å². The van der Waals surface area contributed by atoms with Crippen molar-refractivity contribution in [2.45, 2.75) is 0 Å². The van der Waals surface area contributed by atoms with Crippen molar-refractivity contribution in [2.75, 3.05) is 17.7 Å². The molecule has 0 aliphatic heterocycles. The molecule has 0 aromatic heterocycles. The highest BCUT2D eigenvalue weighted by Crippen LogP contribution is 2.23. The standard InChI is InChI=1S/C21H16ClFN2O3/c1-28-17-9-2-13(3-10-17)20(26)25-19-11-4-14(22)12-18(19)21(27)24-16-7-5-15(23)6-8-16/h2-12H,1H3,(H,24,27)(H,25,26). The van der Waals surface area contributed by atoms with Gasteiger partial charge in [-0.1, -0.05) is 11.6 Å². The van der Waals surface area contributed by atoms with E-state index in [1.807, 2.05) is 0 Å². The first-order valence-corrected chi connectivity index (χ1v) is 8.66. The number of hydrogen-bond donors (Lipinski definition) is 2. The van der Waals surface area contributed by atoms with Crippen LogP contribution in [-0.2, 0) is 0 Å². The number of halogens is 2. The Morgan fingerprint density at radius 1 is 0.893 bits per heavy atom. The number of ether oxygens (including phenoxy) is 1. The molecule has 0 unspecified atom stereocenters. The van der Waals surface area contributed by atoms with Crippen LogP contribution in [0, 0.1) is 5.82 Å². The van der Waals surface area contributed by atoms with Crippen LogP contribution in [0.15, 0.2) is 66.7 Å². The summed E-state index contributed by atoms with van der Waals surface area (Å²) in [5, 5.41) is 5.70. The number of benzene rings is 3. The number of nitrogens with one attached hydrogen (secondary N) is 2. The van der Waals surface area contributed by atoms with Gasteiger partial charge in [0.05, 0.1) is 18.4 Å². The van der Waals surface area contributed by atoms with Crippen molar-refractivity contribution in [3.05, 3.63) is 88.7 Å². The molecule has 142 valence electrons. The van der Waals surface area contributed by atoms with E-state index in [1.54, 1.807) is 36.4 Å². The predicted octanol–water partition coefficient (Wildman–Crippen LogP) is 4.99. The summed E-state index contributed by atoms with van der Waals surface area (Å²) in [5.74, 6) is -0.657. The van der Waals surface area contributed by atoms with Gasteiger partial charge in [-0.25, -0.2) is 4.39 Å². The summed E-state index contributed by atoms with van der Waals surface area (Å²) >= 11 is 6.02. The minimum Gasteiger partial charge on any atom is -0.497 e. The van der Waals surface area contributed by atoms with Gasteiger partial charge < -0.3 is 15.4 Å². The Morgan fingerprint density at radius 2 is 1.57 bits per heavy atom. The summed E-state index contributed by atoms with van der Waals surface area (Å²) in [6, 6.07) is 16.5. The Kier molecular flexibility index (Phi) is 5.91. The summed E-state index contributed by atoms with van der Waals surface area (Å²) < 4.78 is 18.1. The van der Waals surface area contributed by atoms with Crippen molar-refractivity contribution < 1.29 is 18.7 Å². The fraction of sp³-hybridized carbons (Fsp3) is 0.0476. The lowest BCUT2D eigenvalue weighted by atomic mass is 10.1. The lowest BCUT2D eigenvalue weighted by molar-refractivity contribution is 0.102. The summed E-state index contributed by atoms with van der Waals surface area (Å²) in [6.07, 6.45) is 0. The van der Waals surface area contributed by atoms with Crippen molar-refractivity contribution in [3.63, 3.8) is 0 Å². The van der Waals surface area contributed by atoms with Gasteiger partial charge in [-0.15, -0.1) is 0 Å². The SMILES string of the molecule is COc1ccc(C(=O)Nc2ccc(Cl)cc2C(=O)Nc2ccc(F)cc2)cc1. The first kappa shape index (κ1) is 19.4. The maximum Gasteiger partial charge on any atom is 0.257 e. The summed E-state index contributed by atoms with van der Waals surface area (Å²) in [5.41, 5.74) is 1.29. The van der Waals surface area contributed by atoms with E-state index in [1.165, 1.54) is 37.4 Å². The molecular formula is C21H16ClFN2O3. The average molecular weight is 399 g/mol. The Bertz CT molecular complexity index is 1010. The summed E-state index contributed by atoms with van der Waals surface area (Å²) in [7, 11) is 1.54. The van der Waals surface area contributed by atoms with Crippen LogP contribution in [0.5, 0.6) is 5.75 Å². The largest absolute Gasteiger partial charge is 0.497 e. The molecule has 0 spiro atoms. The van der Waals surface area contributed by atoms with E-state index in [0.29, 0.717) is 27.7 Å². The van der Waals surface area contributed by atoms with Gasteiger partial charge in [0.15, 0.2) is 0 Å². The zero-order chi connectivity index (χ0) is 20.1. The molecule has 0 aliphatic rings. The highest BCUT2D eigenvalue weighted by atomic mass is 35.5. The molecule has 3 aromatic rings. The minimum absolute atomic E-state index is 0.179. The van der Waals surface area contributed by atoms with Crippen molar-refractivity contribution in [1.82, 2.24) is 0 Å². The number of carbonyl (C=O) groups is 2. The molecule has 28 heavy (non-hydrogen) atoms. The molecule has 0 atom stereocenters. The van der Waals surface area contributed by atoms with E-state index in [-0.39, 0.29) is 11.5 Å². The maximum absolute atomic E-state index is 13.0. The van der Waals surface area contributed by atoms with Crippen LogP contribution in [0.2, 0.25) is 5.02 Å². The number of rotatable bonds is 5. The van der Waals surface area contributed by atoms with E-state index in [2.05, 4.69) is 10.6 Å². The molecule has 7 heteroatoms. The molecule has 0 heterocycles. The molecule has 2 amide bonds. The average Bonchev–Trinajstić information content (AvgIpc) is 2.71. The Hall–Kier alpha value is -3.38. The van der Waals surface area contributed by atoms with Gasteiger partial charge in [0.25, 0.3) is 11.8 Å². The summed E-state index contributed by atoms with van der Waals surface area (Å²) in [4.78, 5) is 25.2. The van der Waals surface area contributed by atoms with E-state index >= 15 is 0 Å². The van der Waals surface area contributed by atoms with Crippen LogP contribution in [0.1, 0.15) is 20.7 Å². The number of anilines is 2. The topological polar surface area (TPSA) is 67.4 Å². The van der Waals surface area contributed by atoms with Gasteiger partial charge >= 0.3 is 0 Å².